The molecule has 1 aromatic rings. The molecular weight excluding hydrogens is 298 g/mol. The monoisotopic (exact) mass is 323 g/mol. The number of thiazole rings is 1. The fraction of sp³-hybridized carbons (Fsp3) is 0.667. The summed E-state index contributed by atoms with van der Waals surface area (Å²) in [6.45, 7) is 5.81. The summed E-state index contributed by atoms with van der Waals surface area (Å²) < 4.78 is 0. The average Bonchev–Trinajstić information content (AvgIpc) is 2.87. The number of carbonyl (C=O) groups is 1. The van der Waals surface area contributed by atoms with Crippen molar-refractivity contribution in [1.29, 1.82) is 5.41 Å². The zero-order chi connectivity index (χ0) is 16.1. The van der Waals surface area contributed by atoms with Gasteiger partial charge < -0.3 is 16.0 Å². The van der Waals surface area contributed by atoms with E-state index in [9.17, 15) is 4.79 Å². The minimum Gasteiger partial charge on any atom is -0.370 e. The highest BCUT2D eigenvalue weighted by Crippen LogP contribution is 2.37. The number of hydrogen-bond donors (Lipinski definition) is 3. The molecule has 1 aromatic heterocycles. The Kier molecular flexibility index (Phi) is 5.76. The molecule has 0 saturated heterocycles. The van der Waals surface area contributed by atoms with Crippen LogP contribution in [0.5, 0.6) is 0 Å². The summed E-state index contributed by atoms with van der Waals surface area (Å²) in [6, 6.07) is 0. The number of anilines is 1. The smallest absolute Gasteiger partial charge is 0.231 e. The van der Waals surface area contributed by atoms with Crippen molar-refractivity contribution in [3.63, 3.8) is 0 Å². The first-order chi connectivity index (χ1) is 10.6. The summed E-state index contributed by atoms with van der Waals surface area (Å²) in [4.78, 5) is 20.5. The summed E-state index contributed by atoms with van der Waals surface area (Å²) in [7, 11) is 0. The zero-order valence-corrected chi connectivity index (χ0v) is 14.1. The predicted octanol–water partition coefficient (Wildman–Crippen LogP) is 2.52. The van der Waals surface area contributed by atoms with Gasteiger partial charge in [0.25, 0.3) is 0 Å². The molecule has 1 unspecified atom stereocenters. The van der Waals surface area contributed by atoms with Crippen molar-refractivity contribution in [2.75, 3.05) is 18.4 Å². The number of nitrogens with zero attached hydrogens (tertiary/aromatic N) is 2. The molecule has 0 spiro atoms. The molecule has 0 aromatic carbocycles. The van der Waals surface area contributed by atoms with Crippen LogP contribution in [0.3, 0.4) is 0 Å². The molecule has 0 saturated carbocycles. The van der Waals surface area contributed by atoms with Crippen LogP contribution < -0.4 is 11.1 Å². The van der Waals surface area contributed by atoms with Crippen molar-refractivity contribution in [2.45, 2.75) is 51.9 Å². The highest BCUT2D eigenvalue weighted by atomic mass is 32.1. The number of amides is 1. The van der Waals surface area contributed by atoms with E-state index in [2.05, 4.69) is 24.1 Å². The Morgan fingerprint density at radius 3 is 2.73 bits per heavy atom. The number of nitrogens with one attached hydrogen (secondary N) is 2. The van der Waals surface area contributed by atoms with Crippen LogP contribution in [-0.2, 0) is 11.2 Å². The molecule has 0 radical (unpaired) electrons. The van der Waals surface area contributed by atoms with E-state index in [0.29, 0.717) is 5.13 Å². The topological polar surface area (TPSA) is 95.1 Å². The average molecular weight is 323 g/mol. The molecule has 2 rings (SSSR count). The number of nitrogens with two attached hydrogens (primary N) is 1. The quantitative estimate of drug-likeness (QED) is 0.554. The third-order valence-electron chi connectivity index (χ3n) is 3.79. The van der Waals surface area contributed by atoms with Crippen molar-refractivity contribution in [1.82, 2.24) is 9.88 Å². The molecule has 22 heavy (non-hydrogen) atoms. The third-order valence-corrected chi connectivity index (χ3v) is 4.84. The Morgan fingerprint density at radius 1 is 1.45 bits per heavy atom. The van der Waals surface area contributed by atoms with Crippen LogP contribution in [0, 0.1) is 5.41 Å². The molecule has 4 N–H and O–H groups in total. The standard InChI is InChI=1S/C15H25N5OS/c1-3-8-20(9-4-2)13(21)10-6-5-7-11-12(10)18-15(22-11)19-14(16)17/h10H,3-9H2,1-2H3,(H4,16,17,18,19). The van der Waals surface area contributed by atoms with E-state index in [1.54, 1.807) is 0 Å². The maximum Gasteiger partial charge on any atom is 0.231 e. The van der Waals surface area contributed by atoms with Crippen LogP contribution in [0.1, 0.15) is 56.0 Å². The van der Waals surface area contributed by atoms with Gasteiger partial charge in [0, 0.05) is 18.0 Å². The number of aryl methyl sites for hydroxylation is 1. The Balaban J connectivity index is 2.21. The zero-order valence-electron chi connectivity index (χ0n) is 13.3. The minimum atomic E-state index is -0.138. The molecule has 1 heterocycles. The van der Waals surface area contributed by atoms with E-state index < -0.39 is 0 Å². The van der Waals surface area contributed by atoms with E-state index in [0.717, 1.165) is 55.8 Å². The first-order valence-corrected chi connectivity index (χ1v) is 8.77. The van der Waals surface area contributed by atoms with Gasteiger partial charge in [0.05, 0.1) is 11.6 Å². The van der Waals surface area contributed by atoms with Crippen LogP contribution in [-0.4, -0.2) is 34.8 Å². The highest BCUT2D eigenvalue weighted by Gasteiger charge is 2.32. The summed E-state index contributed by atoms with van der Waals surface area (Å²) in [5, 5.41) is 10.7. The third kappa shape index (κ3) is 3.76. The van der Waals surface area contributed by atoms with Gasteiger partial charge in [-0.2, -0.15) is 0 Å². The number of carbonyl (C=O) groups excluding carboxylic acids is 1. The lowest BCUT2D eigenvalue weighted by molar-refractivity contribution is -0.133. The molecule has 6 nitrogen and oxygen atoms in total. The van der Waals surface area contributed by atoms with Crippen molar-refractivity contribution in [2.24, 2.45) is 5.73 Å². The van der Waals surface area contributed by atoms with Crippen LogP contribution >= 0.6 is 11.3 Å². The number of fused-ring (bicyclic) bond motifs is 1. The molecule has 1 amide bonds. The summed E-state index contributed by atoms with van der Waals surface area (Å²) in [6.07, 6.45) is 4.77. The highest BCUT2D eigenvalue weighted by molar-refractivity contribution is 7.15. The van der Waals surface area contributed by atoms with E-state index >= 15 is 0 Å². The lowest BCUT2D eigenvalue weighted by atomic mass is 9.89. The fourth-order valence-electron chi connectivity index (χ4n) is 2.92. The fourth-order valence-corrected chi connectivity index (χ4v) is 4.00. The van der Waals surface area contributed by atoms with Crippen LogP contribution in [0.15, 0.2) is 0 Å². The largest absolute Gasteiger partial charge is 0.370 e. The van der Waals surface area contributed by atoms with Crippen LogP contribution in [0.25, 0.3) is 0 Å². The molecule has 7 heteroatoms. The Hall–Kier alpha value is -1.63. The van der Waals surface area contributed by atoms with Gasteiger partial charge in [-0.05, 0) is 32.1 Å². The van der Waals surface area contributed by atoms with E-state index in [4.69, 9.17) is 11.1 Å². The van der Waals surface area contributed by atoms with Crippen LogP contribution in [0.2, 0.25) is 0 Å². The van der Waals surface area contributed by atoms with Gasteiger partial charge in [-0.3, -0.25) is 10.2 Å². The number of guanidine groups is 1. The summed E-state index contributed by atoms with van der Waals surface area (Å²) in [5.74, 6) is -0.0579. The van der Waals surface area contributed by atoms with E-state index in [1.165, 1.54) is 11.3 Å². The molecule has 122 valence electrons. The summed E-state index contributed by atoms with van der Waals surface area (Å²) in [5.41, 5.74) is 6.26. The molecule has 1 aliphatic rings. The van der Waals surface area contributed by atoms with Crippen molar-refractivity contribution in [3.8, 4) is 0 Å². The van der Waals surface area contributed by atoms with Gasteiger partial charge in [0.15, 0.2) is 11.1 Å². The normalized spacial score (nSPS) is 16.9. The Labute approximate surface area is 135 Å². The second kappa shape index (κ2) is 7.58. The van der Waals surface area contributed by atoms with Gasteiger partial charge in [-0.25, -0.2) is 4.98 Å². The maximum atomic E-state index is 12.9. The van der Waals surface area contributed by atoms with Gasteiger partial charge in [-0.1, -0.05) is 13.8 Å². The molecular formula is C15H25N5OS. The lowest BCUT2D eigenvalue weighted by Crippen LogP contribution is -2.37. The molecule has 1 atom stereocenters. The van der Waals surface area contributed by atoms with E-state index in [-0.39, 0.29) is 17.8 Å². The minimum absolute atomic E-state index is 0.118. The van der Waals surface area contributed by atoms with Crippen molar-refractivity contribution in [3.05, 3.63) is 10.6 Å². The SMILES string of the molecule is CCCN(CCC)C(=O)C1CCCc2sc(NC(=N)N)nc21. The van der Waals surface area contributed by atoms with E-state index in [1.807, 2.05) is 4.90 Å². The van der Waals surface area contributed by atoms with Crippen LogP contribution in [0.4, 0.5) is 5.13 Å². The van der Waals surface area contributed by atoms with Gasteiger partial charge in [-0.15, -0.1) is 11.3 Å². The number of aromatic nitrogens is 1. The van der Waals surface area contributed by atoms with Gasteiger partial charge in [0.2, 0.25) is 5.91 Å². The Morgan fingerprint density at radius 2 is 2.14 bits per heavy atom. The maximum absolute atomic E-state index is 12.9. The molecule has 1 aliphatic carbocycles. The van der Waals surface area contributed by atoms with Crippen molar-refractivity contribution < 1.29 is 4.79 Å². The molecule has 0 bridgehead atoms. The molecule has 0 aliphatic heterocycles. The first kappa shape index (κ1) is 16.7. The lowest BCUT2D eigenvalue weighted by Gasteiger charge is -2.28. The first-order valence-electron chi connectivity index (χ1n) is 7.96. The van der Waals surface area contributed by atoms with Gasteiger partial charge in [0.1, 0.15) is 0 Å². The summed E-state index contributed by atoms with van der Waals surface area (Å²) >= 11 is 1.51. The Bertz CT molecular complexity index is 536. The second-order valence-electron chi connectivity index (χ2n) is 5.64. The predicted molar refractivity (Wildman–Crippen MR) is 90.5 cm³/mol. The van der Waals surface area contributed by atoms with Gasteiger partial charge >= 0.3 is 0 Å². The van der Waals surface area contributed by atoms with Crippen molar-refractivity contribution >= 4 is 28.3 Å². The number of rotatable bonds is 6. The second-order valence-corrected chi connectivity index (χ2v) is 6.72. The number of hydrogen-bond acceptors (Lipinski definition) is 4. The molecule has 0 fully saturated rings.